The van der Waals surface area contributed by atoms with E-state index in [0.29, 0.717) is 6.42 Å². The van der Waals surface area contributed by atoms with E-state index in [4.69, 9.17) is 4.74 Å². The minimum atomic E-state index is -2.99. The zero-order chi connectivity index (χ0) is 15.8. The molecule has 2 amide bonds. The average Bonchev–Trinajstić information content (AvgIpc) is 3.17. The molecule has 1 unspecified atom stereocenters. The molecule has 2 aliphatic rings. The SMILES string of the molecule is COc1ccc(C2(NC(=O)NC3CCS(=O)(=O)C3)CC2)cc1. The van der Waals surface area contributed by atoms with Crippen molar-refractivity contribution in [3.05, 3.63) is 29.8 Å². The molecule has 1 aromatic rings. The fraction of sp³-hybridized carbons (Fsp3) is 0.533. The molecule has 1 aliphatic carbocycles. The Labute approximate surface area is 130 Å². The topological polar surface area (TPSA) is 84.5 Å². The Kier molecular flexibility index (Phi) is 3.76. The Hall–Kier alpha value is -1.76. The van der Waals surface area contributed by atoms with Gasteiger partial charge in [-0.1, -0.05) is 12.1 Å². The smallest absolute Gasteiger partial charge is 0.315 e. The van der Waals surface area contributed by atoms with E-state index in [1.165, 1.54) is 0 Å². The number of benzene rings is 1. The molecular weight excluding hydrogens is 304 g/mol. The molecule has 0 bridgehead atoms. The lowest BCUT2D eigenvalue weighted by Gasteiger charge is -2.20. The van der Waals surface area contributed by atoms with Crippen LogP contribution in [0, 0.1) is 0 Å². The standard InChI is InChI=1S/C15H20N2O4S/c1-21-13-4-2-11(3-5-13)15(7-8-15)17-14(18)16-12-6-9-22(19,20)10-12/h2-5,12H,6-10H2,1H3,(H2,16,17,18). The number of methoxy groups -OCH3 is 1. The largest absolute Gasteiger partial charge is 0.497 e. The maximum Gasteiger partial charge on any atom is 0.315 e. The number of carbonyl (C=O) groups is 1. The van der Waals surface area contributed by atoms with Crippen LogP contribution in [0.2, 0.25) is 0 Å². The van der Waals surface area contributed by atoms with E-state index in [1.54, 1.807) is 7.11 Å². The highest BCUT2D eigenvalue weighted by Gasteiger charge is 2.46. The number of urea groups is 1. The first kappa shape index (κ1) is 15.1. The highest BCUT2D eigenvalue weighted by atomic mass is 32.2. The molecule has 6 nitrogen and oxygen atoms in total. The number of amides is 2. The molecule has 1 atom stereocenters. The Balaban J connectivity index is 1.61. The first-order valence-corrected chi connectivity index (χ1v) is 9.18. The zero-order valence-corrected chi connectivity index (χ0v) is 13.3. The molecule has 1 aromatic carbocycles. The Bertz CT molecular complexity index is 665. The predicted octanol–water partition coefficient (Wildman–Crippen LogP) is 1.17. The van der Waals surface area contributed by atoms with Gasteiger partial charge in [-0.3, -0.25) is 0 Å². The van der Waals surface area contributed by atoms with Crippen molar-refractivity contribution in [2.75, 3.05) is 18.6 Å². The summed E-state index contributed by atoms with van der Waals surface area (Å²) >= 11 is 0. The van der Waals surface area contributed by atoms with Crippen LogP contribution < -0.4 is 15.4 Å². The summed E-state index contributed by atoms with van der Waals surface area (Å²) in [6.45, 7) is 0. The molecule has 2 N–H and O–H groups in total. The van der Waals surface area contributed by atoms with Gasteiger partial charge in [0.2, 0.25) is 0 Å². The van der Waals surface area contributed by atoms with E-state index in [2.05, 4.69) is 10.6 Å². The van der Waals surface area contributed by atoms with Gasteiger partial charge in [0.15, 0.2) is 9.84 Å². The van der Waals surface area contributed by atoms with Gasteiger partial charge in [-0.25, -0.2) is 13.2 Å². The van der Waals surface area contributed by atoms with Crippen LogP contribution in [0.15, 0.2) is 24.3 Å². The van der Waals surface area contributed by atoms with Crippen LogP contribution in [0.5, 0.6) is 5.75 Å². The second kappa shape index (κ2) is 5.46. The Morgan fingerprint density at radius 3 is 2.45 bits per heavy atom. The Morgan fingerprint density at radius 2 is 1.95 bits per heavy atom. The molecule has 0 radical (unpaired) electrons. The van der Waals surface area contributed by atoms with Crippen LogP contribution in [0.4, 0.5) is 4.79 Å². The van der Waals surface area contributed by atoms with Gasteiger partial charge in [0.05, 0.1) is 24.2 Å². The van der Waals surface area contributed by atoms with Crippen molar-refractivity contribution < 1.29 is 17.9 Å². The first-order chi connectivity index (χ1) is 10.4. The number of nitrogens with one attached hydrogen (secondary N) is 2. The van der Waals surface area contributed by atoms with Gasteiger partial charge in [-0.2, -0.15) is 0 Å². The Morgan fingerprint density at radius 1 is 1.27 bits per heavy atom. The lowest BCUT2D eigenvalue weighted by atomic mass is 10.1. The predicted molar refractivity (Wildman–Crippen MR) is 82.6 cm³/mol. The van der Waals surface area contributed by atoms with E-state index in [-0.39, 0.29) is 29.1 Å². The van der Waals surface area contributed by atoms with Gasteiger partial charge in [-0.05, 0) is 37.0 Å². The minimum Gasteiger partial charge on any atom is -0.497 e. The van der Waals surface area contributed by atoms with Crippen molar-refractivity contribution in [3.63, 3.8) is 0 Å². The number of ether oxygens (including phenoxy) is 1. The van der Waals surface area contributed by atoms with Crippen molar-refractivity contribution in [2.45, 2.75) is 30.8 Å². The van der Waals surface area contributed by atoms with E-state index < -0.39 is 9.84 Å². The second-order valence-corrected chi connectivity index (χ2v) is 8.24. The van der Waals surface area contributed by atoms with Gasteiger partial charge >= 0.3 is 6.03 Å². The molecule has 1 saturated carbocycles. The number of hydrogen-bond acceptors (Lipinski definition) is 4. The number of sulfone groups is 1. The van der Waals surface area contributed by atoms with E-state index >= 15 is 0 Å². The quantitative estimate of drug-likeness (QED) is 0.871. The fourth-order valence-corrected chi connectivity index (χ4v) is 4.54. The van der Waals surface area contributed by atoms with Gasteiger partial charge in [0.1, 0.15) is 5.75 Å². The maximum absolute atomic E-state index is 12.1. The van der Waals surface area contributed by atoms with Crippen LogP contribution in [-0.4, -0.2) is 39.1 Å². The van der Waals surface area contributed by atoms with Crippen molar-refractivity contribution >= 4 is 15.9 Å². The van der Waals surface area contributed by atoms with Crippen molar-refractivity contribution in [3.8, 4) is 5.75 Å². The third-order valence-corrected chi connectivity index (χ3v) is 6.08. The van der Waals surface area contributed by atoms with E-state index in [0.717, 1.165) is 24.2 Å². The molecule has 7 heteroatoms. The van der Waals surface area contributed by atoms with Crippen LogP contribution in [0.3, 0.4) is 0 Å². The molecule has 0 aromatic heterocycles. The molecular formula is C15H20N2O4S. The monoisotopic (exact) mass is 324 g/mol. The third-order valence-electron chi connectivity index (χ3n) is 4.31. The maximum atomic E-state index is 12.1. The number of rotatable bonds is 4. The molecule has 3 rings (SSSR count). The van der Waals surface area contributed by atoms with Crippen LogP contribution in [0.1, 0.15) is 24.8 Å². The fourth-order valence-electron chi connectivity index (χ4n) is 2.87. The van der Waals surface area contributed by atoms with E-state index in [9.17, 15) is 13.2 Å². The average molecular weight is 324 g/mol. The summed E-state index contributed by atoms with van der Waals surface area (Å²) < 4.78 is 28.0. The number of carbonyl (C=O) groups excluding carboxylic acids is 1. The van der Waals surface area contributed by atoms with Crippen molar-refractivity contribution in [2.24, 2.45) is 0 Å². The summed E-state index contributed by atoms with van der Waals surface area (Å²) in [5.41, 5.74) is 0.718. The summed E-state index contributed by atoms with van der Waals surface area (Å²) in [6, 6.07) is 7.07. The van der Waals surface area contributed by atoms with Crippen LogP contribution in [0.25, 0.3) is 0 Å². The lowest BCUT2D eigenvalue weighted by Crippen LogP contribution is -2.46. The molecule has 1 saturated heterocycles. The molecule has 120 valence electrons. The first-order valence-electron chi connectivity index (χ1n) is 7.36. The van der Waals surface area contributed by atoms with Gasteiger partial charge < -0.3 is 15.4 Å². The lowest BCUT2D eigenvalue weighted by molar-refractivity contribution is 0.233. The van der Waals surface area contributed by atoms with Crippen molar-refractivity contribution in [1.82, 2.24) is 10.6 Å². The molecule has 1 aliphatic heterocycles. The highest BCUT2D eigenvalue weighted by Crippen LogP contribution is 2.45. The third kappa shape index (κ3) is 3.19. The van der Waals surface area contributed by atoms with Gasteiger partial charge in [0, 0.05) is 6.04 Å². The number of hydrogen-bond donors (Lipinski definition) is 2. The summed E-state index contributed by atoms with van der Waals surface area (Å²) in [5, 5.41) is 5.76. The normalized spacial score (nSPS) is 24.5. The van der Waals surface area contributed by atoms with Crippen LogP contribution in [-0.2, 0) is 15.4 Å². The summed E-state index contributed by atoms with van der Waals surface area (Å²) in [6.07, 6.45) is 2.26. The molecule has 0 spiro atoms. The molecule has 22 heavy (non-hydrogen) atoms. The van der Waals surface area contributed by atoms with Crippen molar-refractivity contribution in [1.29, 1.82) is 0 Å². The minimum absolute atomic E-state index is 0.0377. The summed E-state index contributed by atoms with van der Waals surface area (Å²) in [4.78, 5) is 12.1. The van der Waals surface area contributed by atoms with E-state index in [1.807, 2.05) is 24.3 Å². The molecule has 2 fully saturated rings. The summed E-state index contributed by atoms with van der Waals surface area (Å²) in [5.74, 6) is 0.970. The highest BCUT2D eigenvalue weighted by molar-refractivity contribution is 7.91. The summed E-state index contributed by atoms with van der Waals surface area (Å²) in [7, 11) is -1.37. The zero-order valence-electron chi connectivity index (χ0n) is 12.5. The second-order valence-electron chi connectivity index (χ2n) is 6.01. The van der Waals surface area contributed by atoms with Gasteiger partial charge in [0.25, 0.3) is 0 Å². The van der Waals surface area contributed by atoms with Gasteiger partial charge in [-0.15, -0.1) is 0 Å². The van der Waals surface area contributed by atoms with Crippen LogP contribution >= 0.6 is 0 Å². The molecule has 1 heterocycles.